The second-order valence-corrected chi connectivity index (χ2v) is 6.88. The molecule has 1 aliphatic rings. The van der Waals surface area contributed by atoms with Gasteiger partial charge in [-0.25, -0.2) is 0 Å². The van der Waals surface area contributed by atoms with Crippen LogP contribution >= 0.6 is 0 Å². The molecule has 0 fully saturated rings. The van der Waals surface area contributed by atoms with Gasteiger partial charge in [0.15, 0.2) is 6.10 Å². The first-order valence-corrected chi connectivity index (χ1v) is 9.24. The quantitative estimate of drug-likeness (QED) is 0.703. The van der Waals surface area contributed by atoms with Crippen LogP contribution in [0.3, 0.4) is 0 Å². The number of benzene rings is 3. The van der Waals surface area contributed by atoms with E-state index >= 15 is 0 Å². The van der Waals surface area contributed by atoms with Crippen LogP contribution in [0.5, 0.6) is 5.75 Å². The van der Waals surface area contributed by atoms with Crippen molar-refractivity contribution in [3.8, 4) is 5.75 Å². The minimum Gasteiger partial charge on any atom is -0.480 e. The first-order valence-electron chi connectivity index (χ1n) is 9.24. The summed E-state index contributed by atoms with van der Waals surface area (Å²) in [4.78, 5) is 12.9. The van der Waals surface area contributed by atoms with E-state index in [9.17, 15) is 4.79 Å². The molecule has 0 unspecified atom stereocenters. The third-order valence-corrected chi connectivity index (χ3v) is 5.16. The molecule has 3 heteroatoms. The minimum atomic E-state index is -0.515. The molecule has 0 radical (unpaired) electrons. The Balaban J connectivity index is 1.60. The third-order valence-electron chi connectivity index (χ3n) is 5.16. The van der Waals surface area contributed by atoms with Crippen LogP contribution in [0.15, 0.2) is 54.6 Å². The Hall–Kier alpha value is -2.81. The normalized spacial score (nSPS) is 13.6. The maximum absolute atomic E-state index is 12.9. The van der Waals surface area contributed by atoms with Crippen LogP contribution in [-0.2, 0) is 17.6 Å². The fourth-order valence-corrected chi connectivity index (χ4v) is 3.73. The van der Waals surface area contributed by atoms with E-state index in [0.29, 0.717) is 6.42 Å². The summed E-state index contributed by atoms with van der Waals surface area (Å²) in [6.45, 7) is 3.96. The number of para-hydroxylation sites is 1. The summed E-state index contributed by atoms with van der Waals surface area (Å²) in [6, 6.07) is 18.3. The summed E-state index contributed by atoms with van der Waals surface area (Å²) in [5.74, 6) is 0.657. The van der Waals surface area contributed by atoms with Crippen molar-refractivity contribution >= 4 is 22.4 Å². The minimum absolute atomic E-state index is 0.102. The van der Waals surface area contributed by atoms with E-state index in [0.717, 1.165) is 35.2 Å². The van der Waals surface area contributed by atoms with Gasteiger partial charge < -0.3 is 10.1 Å². The van der Waals surface area contributed by atoms with E-state index < -0.39 is 6.10 Å². The average Bonchev–Trinajstić information content (AvgIpc) is 3.08. The number of anilines is 1. The first kappa shape index (κ1) is 16.6. The molecule has 0 saturated carbocycles. The molecule has 1 N–H and O–H groups in total. The lowest BCUT2D eigenvalue weighted by atomic mass is 10.0. The van der Waals surface area contributed by atoms with Crippen molar-refractivity contribution in [2.75, 3.05) is 5.32 Å². The SMILES string of the molecule is CC[C@@H](Oc1ccccc1C)C(=O)Nc1ccc2c3c(cccc13)CC2. The van der Waals surface area contributed by atoms with E-state index in [1.807, 2.05) is 44.2 Å². The lowest BCUT2D eigenvalue weighted by Crippen LogP contribution is -2.32. The number of ether oxygens (including phenoxy) is 1. The molecule has 1 atom stereocenters. The number of hydrogen-bond donors (Lipinski definition) is 1. The zero-order valence-electron chi connectivity index (χ0n) is 15.2. The van der Waals surface area contributed by atoms with Gasteiger partial charge >= 0.3 is 0 Å². The number of carbonyl (C=O) groups excluding carboxylic acids is 1. The Labute approximate surface area is 154 Å². The van der Waals surface area contributed by atoms with Crippen LogP contribution in [-0.4, -0.2) is 12.0 Å². The van der Waals surface area contributed by atoms with Gasteiger partial charge in [0.05, 0.1) is 0 Å². The Morgan fingerprint density at radius 1 is 1.04 bits per heavy atom. The van der Waals surface area contributed by atoms with Crippen molar-refractivity contribution in [3.05, 3.63) is 71.3 Å². The molecule has 0 aromatic heterocycles. The third kappa shape index (κ3) is 2.94. The molecule has 132 valence electrons. The Kier molecular flexibility index (Phi) is 4.37. The van der Waals surface area contributed by atoms with Gasteiger partial charge in [0.1, 0.15) is 5.75 Å². The molecule has 0 aliphatic heterocycles. The zero-order valence-corrected chi connectivity index (χ0v) is 15.2. The second kappa shape index (κ2) is 6.83. The topological polar surface area (TPSA) is 38.3 Å². The van der Waals surface area contributed by atoms with Gasteiger partial charge in [-0.2, -0.15) is 0 Å². The molecule has 0 heterocycles. The van der Waals surface area contributed by atoms with E-state index in [4.69, 9.17) is 4.74 Å². The van der Waals surface area contributed by atoms with Crippen LogP contribution in [0.4, 0.5) is 5.69 Å². The summed E-state index contributed by atoms with van der Waals surface area (Å²) >= 11 is 0. The van der Waals surface area contributed by atoms with E-state index in [1.165, 1.54) is 16.5 Å². The fourth-order valence-electron chi connectivity index (χ4n) is 3.73. The molecule has 26 heavy (non-hydrogen) atoms. The molecule has 1 amide bonds. The highest BCUT2D eigenvalue weighted by Gasteiger charge is 2.21. The summed E-state index contributed by atoms with van der Waals surface area (Å²) in [7, 11) is 0. The summed E-state index contributed by atoms with van der Waals surface area (Å²) < 4.78 is 5.99. The Morgan fingerprint density at radius 3 is 2.58 bits per heavy atom. The van der Waals surface area contributed by atoms with Crippen molar-refractivity contribution in [1.82, 2.24) is 0 Å². The number of nitrogens with one attached hydrogen (secondary N) is 1. The second-order valence-electron chi connectivity index (χ2n) is 6.88. The van der Waals surface area contributed by atoms with Gasteiger partial charge in [0.25, 0.3) is 5.91 Å². The molecule has 0 spiro atoms. The molecule has 0 bridgehead atoms. The molecule has 3 aromatic rings. The predicted molar refractivity (Wildman–Crippen MR) is 106 cm³/mol. The van der Waals surface area contributed by atoms with Crippen molar-refractivity contribution in [1.29, 1.82) is 0 Å². The standard InChI is InChI=1S/C23H23NO2/c1-3-20(26-21-10-5-4-7-15(21)2)23(25)24-19-14-13-17-12-11-16-8-6-9-18(19)22(16)17/h4-10,13-14,20H,3,11-12H2,1-2H3,(H,24,25)/t20-/m1/s1. The maximum atomic E-state index is 12.9. The molecule has 0 saturated heterocycles. The molecule has 3 aromatic carbocycles. The maximum Gasteiger partial charge on any atom is 0.265 e. The van der Waals surface area contributed by atoms with E-state index in [-0.39, 0.29) is 5.91 Å². The number of amides is 1. The van der Waals surface area contributed by atoms with Crippen molar-refractivity contribution in [3.63, 3.8) is 0 Å². The van der Waals surface area contributed by atoms with Crippen molar-refractivity contribution < 1.29 is 9.53 Å². The van der Waals surface area contributed by atoms with Gasteiger partial charge in [0.2, 0.25) is 0 Å². The summed E-state index contributed by atoms with van der Waals surface area (Å²) in [5, 5.41) is 5.52. The number of hydrogen-bond acceptors (Lipinski definition) is 2. The molecule has 3 nitrogen and oxygen atoms in total. The van der Waals surface area contributed by atoms with Crippen LogP contribution in [0, 0.1) is 6.92 Å². The largest absolute Gasteiger partial charge is 0.480 e. The summed E-state index contributed by atoms with van der Waals surface area (Å²) in [5.41, 5.74) is 4.64. The van der Waals surface area contributed by atoms with Gasteiger partial charge in [-0.05, 0) is 60.4 Å². The molecular weight excluding hydrogens is 322 g/mol. The highest BCUT2D eigenvalue weighted by atomic mass is 16.5. The number of aryl methyl sites for hydroxylation is 3. The Bertz CT molecular complexity index is 967. The lowest BCUT2D eigenvalue weighted by molar-refractivity contribution is -0.122. The molecular formula is C23H23NO2. The highest BCUT2D eigenvalue weighted by Crippen LogP contribution is 2.35. The van der Waals surface area contributed by atoms with Gasteiger partial charge in [0, 0.05) is 11.1 Å². The number of carbonyl (C=O) groups is 1. The van der Waals surface area contributed by atoms with Crippen molar-refractivity contribution in [2.24, 2.45) is 0 Å². The number of rotatable bonds is 5. The van der Waals surface area contributed by atoms with E-state index in [2.05, 4.69) is 29.6 Å². The van der Waals surface area contributed by atoms with Crippen LogP contribution < -0.4 is 10.1 Å². The fraction of sp³-hybridized carbons (Fsp3) is 0.261. The predicted octanol–water partition coefficient (Wildman–Crippen LogP) is 5.04. The zero-order chi connectivity index (χ0) is 18.1. The van der Waals surface area contributed by atoms with Crippen LogP contribution in [0.2, 0.25) is 0 Å². The lowest BCUT2D eigenvalue weighted by Gasteiger charge is -2.19. The molecule has 4 rings (SSSR count). The summed E-state index contributed by atoms with van der Waals surface area (Å²) in [6.07, 6.45) is 2.26. The van der Waals surface area contributed by atoms with Crippen molar-refractivity contribution in [2.45, 2.75) is 39.2 Å². The monoisotopic (exact) mass is 345 g/mol. The average molecular weight is 345 g/mol. The van der Waals surface area contributed by atoms with Gasteiger partial charge in [-0.3, -0.25) is 4.79 Å². The smallest absolute Gasteiger partial charge is 0.265 e. The van der Waals surface area contributed by atoms with E-state index in [1.54, 1.807) is 0 Å². The molecule has 1 aliphatic carbocycles. The van der Waals surface area contributed by atoms with Crippen LogP contribution in [0.25, 0.3) is 10.8 Å². The van der Waals surface area contributed by atoms with Gasteiger partial charge in [-0.1, -0.05) is 49.4 Å². The first-order chi connectivity index (χ1) is 12.7. The Morgan fingerprint density at radius 2 is 1.81 bits per heavy atom. The highest BCUT2D eigenvalue weighted by molar-refractivity contribution is 6.06. The van der Waals surface area contributed by atoms with Crippen LogP contribution in [0.1, 0.15) is 30.0 Å². The van der Waals surface area contributed by atoms with Gasteiger partial charge in [-0.15, -0.1) is 0 Å².